The molecule has 6 rings (SSSR count). The fourth-order valence-corrected chi connectivity index (χ4v) is 3.25. The summed E-state index contributed by atoms with van der Waals surface area (Å²) in [5, 5.41) is 17.8. The van der Waals surface area contributed by atoms with Gasteiger partial charge < -0.3 is 10.2 Å². The third-order valence-electron chi connectivity index (χ3n) is 4.60. The molecule has 0 heterocycles. The zero-order valence-electron chi connectivity index (χ0n) is 14.3. The van der Waals surface area contributed by atoms with Gasteiger partial charge in [-0.15, -0.1) is 0 Å². The topological polar surface area (TPSA) is 74.6 Å². The molecule has 2 aromatic rings. The van der Waals surface area contributed by atoms with E-state index in [1.54, 1.807) is 12.2 Å². The Hall–Kier alpha value is -3.14. The van der Waals surface area contributed by atoms with Gasteiger partial charge in [-0.05, 0) is 71.2 Å². The standard InChI is InChI=1S/C22H20O4/c23-21(24)11-9-19-13-15-1-2-16-4-6-18(8-7-17(19)5-3-15)20(14-16)10-12-22(25)26/h3-6,9-14H,1-2,7-8H2,(H,23,24)(H,25,26)/b11-9+,12-10+. The summed E-state index contributed by atoms with van der Waals surface area (Å²) < 4.78 is 0. The van der Waals surface area contributed by atoms with E-state index in [2.05, 4.69) is 36.4 Å². The minimum Gasteiger partial charge on any atom is -0.478 e. The number of hydrogen-bond donors (Lipinski definition) is 2. The van der Waals surface area contributed by atoms with Crippen molar-refractivity contribution < 1.29 is 19.8 Å². The van der Waals surface area contributed by atoms with E-state index in [4.69, 9.17) is 10.2 Å². The van der Waals surface area contributed by atoms with E-state index < -0.39 is 11.9 Å². The Morgan fingerprint density at radius 1 is 0.692 bits per heavy atom. The lowest BCUT2D eigenvalue weighted by Crippen LogP contribution is -2.02. The van der Waals surface area contributed by atoms with Crippen LogP contribution in [0.25, 0.3) is 12.2 Å². The highest BCUT2D eigenvalue weighted by molar-refractivity contribution is 5.86. The maximum Gasteiger partial charge on any atom is 0.328 e. The lowest BCUT2D eigenvalue weighted by molar-refractivity contribution is -0.132. The predicted octanol–water partition coefficient (Wildman–Crippen LogP) is 3.77. The quantitative estimate of drug-likeness (QED) is 0.825. The van der Waals surface area contributed by atoms with Crippen LogP contribution in [0.3, 0.4) is 0 Å². The van der Waals surface area contributed by atoms with E-state index in [1.807, 2.05) is 0 Å². The molecule has 0 radical (unpaired) electrons. The largest absolute Gasteiger partial charge is 0.478 e. The maximum atomic E-state index is 10.9. The smallest absolute Gasteiger partial charge is 0.328 e. The average molecular weight is 348 g/mol. The highest BCUT2D eigenvalue weighted by Crippen LogP contribution is 2.23. The van der Waals surface area contributed by atoms with Gasteiger partial charge in [0.05, 0.1) is 0 Å². The van der Waals surface area contributed by atoms with Crippen LogP contribution in [0.2, 0.25) is 0 Å². The molecular formula is C22H20O4. The molecule has 4 bridgehead atoms. The summed E-state index contributed by atoms with van der Waals surface area (Å²) in [4.78, 5) is 21.7. The van der Waals surface area contributed by atoms with Gasteiger partial charge in [-0.1, -0.05) is 36.4 Å². The minimum atomic E-state index is -0.960. The van der Waals surface area contributed by atoms with Crippen LogP contribution in [-0.2, 0) is 35.3 Å². The van der Waals surface area contributed by atoms with Gasteiger partial charge in [0, 0.05) is 12.2 Å². The molecule has 0 atom stereocenters. The second kappa shape index (κ2) is 7.83. The zero-order valence-corrected chi connectivity index (χ0v) is 14.3. The van der Waals surface area contributed by atoms with Crippen molar-refractivity contribution in [2.45, 2.75) is 25.7 Å². The maximum absolute atomic E-state index is 10.9. The Balaban J connectivity index is 1.98. The summed E-state index contributed by atoms with van der Waals surface area (Å²) >= 11 is 0. The van der Waals surface area contributed by atoms with Crippen molar-refractivity contribution in [3.8, 4) is 0 Å². The van der Waals surface area contributed by atoms with E-state index in [9.17, 15) is 9.59 Å². The van der Waals surface area contributed by atoms with Crippen LogP contribution in [-0.4, -0.2) is 22.2 Å². The Kier molecular flexibility index (Phi) is 5.32. The van der Waals surface area contributed by atoms with Gasteiger partial charge in [-0.25, -0.2) is 9.59 Å². The first-order valence-electron chi connectivity index (χ1n) is 8.57. The van der Waals surface area contributed by atoms with E-state index in [0.29, 0.717) is 0 Å². The van der Waals surface area contributed by atoms with Crippen molar-refractivity contribution in [2.75, 3.05) is 0 Å². The molecule has 4 aliphatic rings. The van der Waals surface area contributed by atoms with Crippen molar-refractivity contribution in [1.29, 1.82) is 0 Å². The molecule has 132 valence electrons. The Morgan fingerprint density at radius 3 is 1.50 bits per heavy atom. The van der Waals surface area contributed by atoms with Gasteiger partial charge in [0.15, 0.2) is 0 Å². The van der Waals surface area contributed by atoms with Crippen LogP contribution >= 0.6 is 0 Å². The summed E-state index contributed by atoms with van der Waals surface area (Å²) in [5.74, 6) is -1.92. The Labute approximate surface area is 152 Å². The Bertz CT molecular complexity index is 831. The minimum absolute atomic E-state index is 0.757. The van der Waals surface area contributed by atoms with Crippen molar-refractivity contribution in [2.24, 2.45) is 0 Å². The molecule has 4 aliphatic carbocycles. The molecule has 0 amide bonds. The SMILES string of the molecule is O=C(O)/C=C/c1cc2ccc1CCc1ccc(cc1/C=C/C(=O)O)CC2. The zero-order chi connectivity index (χ0) is 18.5. The van der Waals surface area contributed by atoms with Crippen LogP contribution in [0.4, 0.5) is 0 Å². The highest BCUT2D eigenvalue weighted by atomic mass is 16.4. The molecule has 26 heavy (non-hydrogen) atoms. The van der Waals surface area contributed by atoms with Gasteiger partial charge in [-0.2, -0.15) is 0 Å². The van der Waals surface area contributed by atoms with Gasteiger partial charge in [0.2, 0.25) is 0 Å². The first-order valence-corrected chi connectivity index (χ1v) is 8.57. The average Bonchev–Trinajstić information content (AvgIpc) is 2.60. The first-order chi connectivity index (χ1) is 12.5. The van der Waals surface area contributed by atoms with E-state index in [1.165, 1.54) is 12.2 Å². The molecule has 0 saturated carbocycles. The summed E-state index contributed by atoms with van der Waals surface area (Å²) in [5.41, 5.74) is 6.36. The summed E-state index contributed by atoms with van der Waals surface area (Å²) in [6.45, 7) is 0. The molecule has 2 N–H and O–H groups in total. The van der Waals surface area contributed by atoms with E-state index >= 15 is 0 Å². The van der Waals surface area contributed by atoms with Crippen molar-refractivity contribution >= 4 is 24.1 Å². The van der Waals surface area contributed by atoms with Crippen LogP contribution in [0.15, 0.2) is 48.6 Å². The lowest BCUT2D eigenvalue weighted by atomic mass is 9.91. The third-order valence-corrected chi connectivity index (χ3v) is 4.60. The van der Waals surface area contributed by atoms with Gasteiger partial charge >= 0.3 is 11.9 Å². The molecule has 4 nitrogen and oxygen atoms in total. The molecular weight excluding hydrogens is 328 g/mol. The fraction of sp³-hybridized carbons (Fsp3) is 0.182. The summed E-state index contributed by atoms with van der Waals surface area (Å²) in [7, 11) is 0. The van der Waals surface area contributed by atoms with Crippen molar-refractivity contribution in [1.82, 2.24) is 0 Å². The van der Waals surface area contributed by atoms with Crippen LogP contribution in [0.5, 0.6) is 0 Å². The third kappa shape index (κ3) is 4.48. The fourth-order valence-electron chi connectivity index (χ4n) is 3.25. The molecule has 0 spiro atoms. The number of aliphatic carboxylic acids is 2. The number of hydrogen-bond acceptors (Lipinski definition) is 2. The van der Waals surface area contributed by atoms with Crippen LogP contribution in [0.1, 0.15) is 33.4 Å². The number of rotatable bonds is 4. The first kappa shape index (κ1) is 17.7. The lowest BCUT2D eigenvalue weighted by Gasteiger charge is -2.14. The predicted molar refractivity (Wildman–Crippen MR) is 101 cm³/mol. The number of carboxylic acid groups (broad SMARTS) is 2. The number of carbonyl (C=O) groups is 2. The summed E-state index contributed by atoms with van der Waals surface area (Å²) in [6.07, 6.45) is 8.84. The number of aryl methyl sites for hydroxylation is 4. The monoisotopic (exact) mass is 348 g/mol. The normalized spacial score (nSPS) is 13.8. The number of benzene rings is 2. The molecule has 0 aliphatic heterocycles. The molecule has 0 saturated heterocycles. The second-order valence-electron chi connectivity index (χ2n) is 6.41. The molecule has 0 unspecified atom stereocenters. The van der Waals surface area contributed by atoms with Crippen molar-refractivity contribution in [3.63, 3.8) is 0 Å². The van der Waals surface area contributed by atoms with Crippen LogP contribution in [0, 0.1) is 0 Å². The molecule has 0 aromatic heterocycles. The van der Waals surface area contributed by atoms with Gasteiger partial charge in [0.1, 0.15) is 0 Å². The van der Waals surface area contributed by atoms with Gasteiger partial charge in [-0.3, -0.25) is 0 Å². The van der Waals surface area contributed by atoms with Crippen LogP contribution < -0.4 is 0 Å². The Morgan fingerprint density at radius 2 is 1.12 bits per heavy atom. The number of carboxylic acids is 2. The highest BCUT2D eigenvalue weighted by Gasteiger charge is 2.09. The molecule has 4 heteroatoms. The van der Waals surface area contributed by atoms with E-state index in [-0.39, 0.29) is 0 Å². The van der Waals surface area contributed by atoms with Gasteiger partial charge in [0.25, 0.3) is 0 Å². The second-order valence-corrected chi connectivity index (χ2v) is 6.41. The van der Waals surface area contributed by atoms with E-state index in [0.717, 1.165) is 59.1 Å². The molecule has 0 fully saturated rings. The van der Waals surface area contributed by atoms with Crippen molar-refractivity contribution in [3.05, 3.63) is 81.9 Å². The summed E-state index contributed by atoms with van der Waals surface area (Å²) in [6, 6.07) is 12.5. The molecule has 2 aromatic carbocycles.